The van der Waals surface area contributed by atoms with Crippen LogP contribution < -0.4 is 0 Å². The van der Waals surface area contributed by atoms with Crippen LogP contribution in [0.4, 0.5) is 0 Å². The zero-order valence-electron chi connectivity index (χ0n) is 13.1. The van der Waals surface area contributed by atoms with Gasteiger partial charge in [0, 0.05) is 24.9 Å². The molecule has 0 amide bonds. The van der Waals surface area contributed by atoms with Gasteiger partial charge in [-0.25, -0.2) is 0 Å². The smallest absolute Gasteiger partial charge is 0.219 e. The van der Waals surface area contributed by atoms with Crippen molar-refractivity contribution in [2.45, 2.75) is 50.5 Å². The molecule has 22 heavy (non-hydrogen) atoms. The van der Waals surface area contributed by atoms with E-state index in [-0.39, 0.29) is 0 Å². The average Bonchev–Trinajstić information content (AvgIpc) is 3.45. The molecular formula is C17H25N3O2. The summed E-state index contributed by atoms with van der Waals surface area (Å²) in [6.07, 6.45) is 7.69. The van der Waals surface area contributed by atoms with Crippen molar-refractivity contribution in [1.29, 1.82) is 0 Å². The highest BCUT2D eigenvalue weighted by Gasteiger charge is 2.42. The Kier molecular flexibility index (Phi) is 3.25. The molecule has 2 aliphatic carbocycles. The molecule has 0 aromatic carbocycles. The highest BCUT2D eigenvalue weighted by molar-refractivity contribution is 5.01. The van der Waals surface area contributed by atoms with Crippen molar-refractivity contribution in [3.8, 4) is 0 Å². The number of rotatable bonds is 5. The Morgan fingerprint density at radius 2 is 2.00 bits per heavy atom. The van der Waals surface area contributed by atoms with Crippen molar-refractivity contribution in [2.75, 3.05) is 26.2 Å². The number of nitrogens with zero attached hydrogens (tertiary/aromatic N) is 3. The normalized spacial score (nSPS) is 35.7. The number of hydrogen-bond donors (Lipinski definition) is 0. The second kappa shape index (κ2) is 5.31. The third-order valence-electron chi connectivity index (χ3n) is 5.88. The fourth-order valence-corrected chi connectivity index (χ4v) is 4.22. The highest BCUT2D eigenvalue weighted by atomic mass is 16.5. The number of fused-ring (bicyclic) bond motifs is 1. The van der Waals surface area contributed by atoms with E-state index >= 15 is 0 Å². The molecule has 0 N–H and O–H groups in total. The molecule has 120 valence electrons. The Morgan fingerprint density at radius 3 is 2.82 bits per heavy atom. The van der Waals surface area contributed by atoms with Crippen LogP contribution in [0.2, 0.25) is 0 Å². The highest BCUT2D eigenvalue weighted by Crippen LogP contribution is 2.40. The molecule has 2 saturated carbocycles. The minimum absolute atomic E-state index is 0.292. The van der Waals surface area contributed by atoms with E-state index in [1.54, 1.807) is 0 Å². The van der Waals surface area contributed by atoms with Crippen molar-refractivity contribution in [3.05, 3.63) is 11.8 Å². The minimum Gasteiger partial charge on any atom is -0.425 e. The van der Waals surface area contributed by atoms with E-state index in [4.69, 9.17) is 9.15 Å². The average molecular weight is 303 g/mol. The Labute approximate surface area is 131 Å². The first-order chi connectivity index (χ1) is 10.8. The molecule has 0 radical (unpaired) electrons. The Morgan fingerprint density at radius 1 is 1.09 bits per heavy atom. The lowest BCUT2D eigenvalue weighted by Crippen LogP contribution is -2.42. The summed E-state index contributed by atoms with van der Waals surface area (Å²) < 4.78 is 11.9. The summed E-state index contributed by atoms with van der Waals surface area (Å²) in [5.74, 6) is 4.57. The lowest BCUT2D eigenvalue weighted by molar-refractivity contribution is 0.0795. The molecule has 3 heterocycles. The quantitative estimate of drug-likeness (QED) is 0.835. The lowest BCUT2D eigenvalue weighted by Gasteiger charge is -2.35. The van der Waals surface area contributed by atoms with Crippen molar-refractivity contribution in [2.24, 2.45) is 17.8 Å². The molecule has 5 heteroatoms. The van der Waals surface area contributed by atoms with E-state index < -0.39 is 0 Å². The molecule has 4 fully saturated rings. The number of likely N-dealkylation sites (tertiary alicyclic amines) is 1. The Hall–Kier alpha value is -0.940. The van der Waals surface area contributed by atoms with Gasteiger partial charge in [0.1, 0.15) is 0 Å². The van der Waals surface area contributed by atoms with Gasteiger partial charge in [0.25, 0.3) is 0 Å². The molecule has 2 aliphatic heterocycles. The van der Waals surface area contributed by atoms with Gasteiger partial charge in [0.2, 0.25) is 11.8 Å². The van der Waals surface area contributed by atoms with E-state index in [2.05, 4.69) is 15.1 Å². The third-order valence-corrected chi connectivity index (χ3v) is 5.88. The fraction of sp³-hybridized carbons (Fsp3) is 0.882. The van der Waals surface area contributed by atoms with Gasteiger partial charge in [-0.2, -0.15) is 0 Å². The zero-order chi connectivity index (χ0) is 14.5. The maximum Gasteiger partial charge on any atom is 0.219 e. The largest absolute Gasteiger partial charge is 0.425 e. The monoisotopic (exact) mass is 303 g/mol. The van der Waals surface area contributed by atoms with Crippen LogP contribution in [0, 0.1) is 17.8 Å². The van der Waals surface area contributed by atoms with Crippen LogP contribution in [-0.2, 0) is 11.2 Å². The third kappa shape index (κ3) is 2.69. The van der Waals surface area contributed by atoms with Gasteiger partial charge in [-0.05, 0) is 50.5 Å². The van der Waals surface area contributed by atoms with E-state index in [9.17, 15) is 0 Å². The summed E-state index contributed by atoms with van der Waals surface area (Å²) in [5.41, 5.74) is 0. The second-order valence-corrected chi connectivity index (χ2v) is 7.80. The van der Waals surface area contributed by atoms with Crippen LogP contribution in [0.5, 0.6) is 0 Å². The van der Waals surface area contributed by atoms with E-state index in [1.165, 1.54) is 51.7 Å². The van der Waals surface area contributed by atoms with Gasteiger partial charge in [-0.3, -0.25) is 0 Å². The summed E-state index contributed by atoms with van der Waals surface area (Å²) in [7, 11) is 0. The van der Waals surface area contributed by atoms with Crippen LogP contribution in [0.3, 0.4) is 0 Å². The molecule has 2 saturated heterocycles. The van der Waals surface area contributed by atoms with Crippen LogP contribution >= 0.6 is 0 Å². The summed E-state index contributed by atoms with van der Waals surface area (Å²) in [6.45, 7) is 4.71. The molecule has 0 spiro atoms. The topological polar surface area (TPSA) is 51.4 Å². The second-order valence-electron chi connectivity index (χ2n) is 7.80. The lowest BCUT2D eigenvalue weighted by atomic mass is 9.83. The van der Waals surface area contributed by atoms with E-state index in [0.717, 1.165) is 30.7 Å². The van der Waals surface area contributed by atoms with Crippen LogP contribution in [0.1, 0.15) is 49.8 Å². The van der Waals surface area contributed by atoms with Gasteiger partial charge in [0.15, 0.2) is 0 Å². The first-order valence-electron chi connectivity index (χ1n) is 9.01. The fourth-order valence-electron chi connectivity index (χ4n) is 4.22. The standard InChI is InChI=1S/C17H25N3O2/c1-2-11(1)8-20-6-5-14-13(9-20)10-21-15(14)7-16-18-19-17(22-16)12-3-4-12/h11-15H,1-10H2/t13-,14-,15+/m1/s1. The molecule has 5 nitrogen and oxygen atoms in total. The van der Waals surface area contributed by atoms with Crippen LogP contribution in [-0.4, -0.2) is 47.4 Å². The van der Waals surface area contributed by atoms with Gasteiger partial charge in [-0.15, -0.1) is 10.2 Å². The van der Waals surface area contributed by atoms with Crippen molar-refractivity contribution in [1.82, 2.24) is 15.1 Å². The molecule has 0 unspecified atom stereocenters. The number of ether oxygens (including phenoxy) is 1. The number of aromatic nitrogens is 2. The summed E-state index contributed by atoms with van der Waals surface area (Å²) in [6, 6.07) is 0. The van der Waals surface area contributed by atoms with Crippen molar-refractivity contribution in [3.63, 3.8) is 0 Å². The minimum atomic E-state index is 0.292. The SMILES string of the molecule is C1CC1CN1CC[C@@H]2[C@@H](CO[C@H]2Cc2nnc(C3CC3)o2)C1. The molecule has 3 atom stereocenters. The maximum atomic E-state index is 6.10. The molecular weight excluding hydrogens is 278 g/mol. The summed E-state index contributed by atoms with van der Waals surface area (Å²) in [4.78, 5) is 2.67. The first kappa shape index (κ1) is 13.5. The summed E-state index contributed by atoms with van der Waals surface area (Å²) in [5, 5.41) is 8.43. The number of hydrogen-bond acceptors (Lipinski definition) is 5. The Balaban J connectivity index is 1.19. The van der Waals surface area contributed by atoms with Gasteiger partial charge >= 0.3 is 0 Å². The van der Waals surface area contributed by atoms with Crippen molar-refractivity contribution >= 4 is 0 Å². The Bertz CT molecular complexity index is 538. The predicted molar refractivity (Wildman–Crippen MR) is 80.5 cm³/mol. The van der Waals surface area contributed by atoms with Crippen LogP contribution in [0.15, 0.2) is 4.42 Å². The maximum absolute atomic E-state index is 6.10. The summed E-state index contributed by atoms with van der Waals surface area (Å²) >= 11 is 0. The van der Waals surface area contributed by atoms with E-state index in [1.807, 2.05) is 0 Å². The molecule has 1 aromatic heterocycles. The van der Waals surface area contributed by atoms with Crippen LogP contribution in [0.25, 0.3) is 0 Å². The first-order valence-corrected chi connectivity index (χ1v) is 9.01. The zero-order valence-corrected chi connectivity index (χ0v) is 13.1. The molecule has 5 rings (SSSR count). The van der Waals surface area contributed by atoms with Gasteiger partial charge in [0.05, 0.1) is 19.1 Å². The van der Waals surface area contributed by atoms with Crippen molar-refractivity contribution < 1.29 is 9.15 Å². The molecule has 4 aliphatic rings. The molecule has 1 aromatic rings. The number of piperidine rings is 1. The van der Waals surface area contributed by atoms with Gasteiger partial charge < -0.3 is 14.1 Å². The molecule has 0 bridgehead atoms. The van der Waals surface area contributed by atoms with E-state index in [0.29, 0.717) is 23.9 Å². The predicted octanol–water partition coefficient (Wildman–Crippen LogP) is 2.24. The van der Waals surface area contributed by atoms with Gasteiger partial charge in [-0.1, -0.05) is 0 Å².